The van der Waals surface area contributed by atoms with E-state index in [1.807, 2.05) is 4.90 Å². The molecule has 18 heavy (non-hydrogen) atoms. The molecule has 104 valence electrons. The molecule has 1 amide bonds. The molecule has 2 rings (SSSR count). The number of rotatable bonds is 4. The number of nitrogens with zero attached hydrogens (tertiary/aromatic N) is 1. The number of nitrogens with two attached hydrogens (primary N) is 1. The van der Waals surface area contributed by atoms with Crippen LogP contribution in [0.1, 0.15) is 25.7 Å². The van der Waals surface area contributed by atoms with Gasteiger partial charge in [-0.2, -0.15) is 0 Å². The van der Waals surface area contributed by atoms with Crippen LogP contribution in [0.25, 0.3) is 0 Å². The van der Waals surface area contributed by atoms with Crippen molar-refractivity contribution < 1.29 is 14.3 Å². The van der Waals surface area contributed by atoms with E-state index in [2.05, 4.69) is 0 Å². The SMILES string of the molecule is COCC(N)C(=O)N1CCCC1C1CCOCC1. The number of amides is 1. The standard InChI is InChI=1S/C13H24N2O3/c1-17-9-11(14)13(16)15-6-2-3-12(15)10-4-7-18-8-5-10/h10-12H,2-9,14H2,1H3. The molecule has 5 nitrogen and oxygen atoms in total. The van der Waals surface area contributed by atoms with Gasteiger partial charge in [0.1, 0.15) is 6.04 Å². The highest BCUT2D eigenvalue weighted by atomic mass is 16.5. The molecule has 2 aliphatic heterocycles. The summed E-state index contributed by atoms with van der Waals surface area (Å²) < 4.78 is 10.4. The zero-order chi connectivity index (χ0) is 13.0. The Morgan fingerprint density at radius 1 is 1.44 bits per heavy atom. The summed E-state index contributed by atoms with van der Waals surface area (Å²) in [4.78, 5) is 14.3. The van der Waals surface area contributed by atoms with E-state index in [0.717, 1.165) is 45.4 Å². The minimum absolute atomic E-state index is 0.0471. The predicted molar refractivity (Wildman–Crippen MR) is 68.1 cm³/mol. The van der Waals surface area contributed by atoms with E-state index < -0.39 is 6.04 Å². The van der Waals surface area contributed by atoms with Gasteiger partial charge in [0.15, 0.2) is 0 Å². The van der Waals surface area contributed by atoms with E-state index in [0.29, 0.717) is 18.6 Å². The second-order valence-electron chi connectivity index (χ2n) is 5.25. The maximum absolute atomic E-state index is 12.3. The van der Waals surface area contributed by atoms with E-state index in [-0.39, 0.29) is 5.91 Å². The molecular formula is C13H24N2O3. The Balaban J connectivity index is 1.95. The molecular weight excluding hydrogens is 232 g/mol. The number of hydrogen-bond acceptors (Lipinski definition) is 4. The zero-order valence-electron chi connectivity index (χ0n) is 11.1. The van der Waals surface area contributed by atoms with Crippen molar-refractivity contribution in [2.45, 2.75) is 37.8 Å². The number of carbonyl (C=O) groups is 1. The first-order valence-electron chi connectivity index (χ1n) is 6.86. The zero-order valence-corrected chi connectivity index (χ0v) is 11.1. The van der Waals surface area contributed by atoms with Gasteiger partial charge in [0, 0.05) is 32.9 Å². The Morgan fingerprint density at radius 3 is 2.83 bits per heavy atom. The Morgan fingerprint density at radius 2 is 2.17 bits per heavy atom. The first-order valence-corrected chi connectivity index (χ1v) is 6.86. The summed E-state index contributed by atoms with van der Waals surface area (Å²) in [5.41, 5.74) is 5.86. The van der Waals surface area contributed by atoms with Gasteiger partial charge in [0.2, 0.25) is 5.91 Å². The van der Waals surface area contributed by atoms with E-state index in [1.165, 1.54) is 0 Å². The molecule has 0 aromatic carbocycles. The summed E-state index contributed by atoms with van der Waals surface area (Å²) in [5, 5.41) is 0. The van der Waals surface area contributed by atoms with Gasteiger partial charge in [-0.05, 0) is 31.6 Å². The molecule has 2 saturated heterocycles. The van der Waals surface area contributed by atoms with E-state index in [4.69, 9.17) is 15.2 Å². The summed E-state index contributed by atoms with van der Waals surface area (Å²) >= 11 is 0. The monoisotopic (exact) mass is 256 g/mol. The molecule has 5 heteroatoms. The first kappa shape index (κ1) is 13.8. The van der Waals surface area contributed by atoms with Gasteiger partial charge in [0.05, 0.1) is 6.61 Å². The highest BCUT2D eigenvalue weighted by Crippen LogP contribution is 2.30. The molecule has 2 fully saturated rings. The summed E-state index contributed by atoms with van der Waals surface area (Å²) in [6.07, 6.45) is 4.32. The number of methoxy groups -OCH3 is 1. The van der Waals surface area contributed by atoms with Crippen LogP contribution in [0.15, 0.2) is 0 Å². The second-order valence-corrected chi connectivity index (χ2v) is 5.25. The Hall–Kier alpha value is -0.650. The average molecular weight is 256 g/mol. The second kappa shape index (κ2) is 6.50. The normalized spacial score (nSPS) is 27.4. The highest BCUT2D eigenvalue weighted by molar-refractivity contribution is 5.82. The topological polar surface area (TPSA) is 64.8 Å². The van der Waals surface area contributed by atoms with Gasteiger partial charge in [0.25, 0.3) is 0 Å². The Bertz CT molecular complexity index is 279. The number of ether oxygens (including phenoxy) is 2. The minimum Gasteiger partial charge on any atom is -0.383 e. The highest BCUT2D eigenvalue weighted by Gasteiger charge is 2.36. The van der Waals surface area contributed by atoms with Gasteiger partial charge in [-0.15, -0.1) is 0 Å². The molecule has 0 aromatic rings. The van der Waals surface area contributed by atoms with Gasteiger partial charge >= 0.3 is 0 Å². The van der Waals surface area contributed by atoms with Crippen LogP contribution in [0.2, 0.25) is 0 Å². The lowest BCUT2D eigenvalue weighted by atomic mass is 9.90. The Kier molecular flexibility index (Phi) is 4.97. The van der Waals surface area contributed by atoms with Crippen LogP contribution in [0.3, 0.4) is 0 Å². The van der Waals surface area contributed by atoms with Crippen molar-refractivity contribution in [3.05, 3.63) is 0 Å². The fraction of sp³-hybridized carbons (Fsp3) is 0.923. The molecule has 0 aromatic heterocycles. The lowest BCUT2D eigenvalue weighted by Gasteiger charge is -2.35. The lowest BCUT2D eigenvalue weighted by Crippen LogP contribution is -2.50. The first-order chi connectivity index (χ1) is 8.74. The van der Waals surface area contributed by atoms with Crippen molar-refractivity contribution in [1.29, 1.82) is 0 Å². The van der Waals surface area contributed by atoms with Crippen LogP contribution >= 0.6 is 0 Å². The molecule has 0 bridgehead atoms. The van der Waals surface area contributed by atoms with Crippen molar-refractivity contribution >= 4 is 5.91 Å². The quantitative estimate of drug-likeness (QED) is 0.789. The third-order valence-corrected chi connectivity index (χ3v) is 4.06. The largest absolute Gasteiger partial charge is 0.383 e. The fourth-order valence-electron chi connectivity index (χ4n) is 3.12. The summed E-state index contributed by atoms with van der Waals surface area (Å²) in [6, 6.07) is -0.153. The fourth-order valence-corrected chi connectivity index (χ4v) is 3.12. The van der Waals surface area contributed by atoms with Gasteiger partial charge in [-0.25, -0.2) is 0 Å². The lowest BCUT2D eigenvalue weighted by molar-refractivity contribution is -0.136. The van der Waals surface area contributed by atoms with Crippen molar-refractivity contribution in [3.63, 3.8) is 0 Å². The van der Waals surface area contributed by atoms with Crippen molar-refractivity contribution in [1.82, 2.24) is 4.90 Å². The third kappa shape index (κ3) is 3.02. The molecule has 0 radical (unpaired) electrons. The van der Waals surface area contributed by atoms with Gasteiger partial charge in [-0.3, -0.25) is 4.79 Å². The Labute approximate surface area is 109 Å². The average Bonchev–Trinajstić information content (AvgIpc) is 2.88. The van der Waals surface area contributed by atoms with Gasteiger partial charge in [-0.1, -0.05) is 0 Å². The van der Waals surface area contributed by atoms with Crippen LogP contribution in [0.4, 0.5) is 0 Å². The van der Waals surface area contributed by atoms with Crippen LogP contribution in [0, 0.1) is 5.92 Å². The summed E-state index contributed by atoms with van der Waals surface area (Å²) in [6.45, 7) is 2.80. The van der Waals surface area contributed by atoms with Crippen LogP contribution in [-0.4, -0.2) is 56.4 Å². The van der Waals surface area contributed by atoms with Crippen molar-refractivity contribution in [2.75, 3.05) is 33.5 Å². The maximum Gasteiger partial charge on any atom is 0.242 e. The predicted octanol–water partition coefficient (Wildman–Crippen LogP) is 0.378. The van der Waals surface area contributed by atoms with Crippen LogP contribution in [-0.2, 0) is 14.3 Å². The smallest absolute Gasteiger partial charge is 0.242 e. The molecule has 0 spiro atoms. The van der Waals surface area contributed by atoms with Crippen molar-refractivity contribution in [2.24, 2.45) is 11.7 Å². The number of carbonyl (C=O) groups excluding carboxylic acids is 1. The number of hydrogen-bond donors (Lipinski definition) is 1. The van der Waals surface area contributed by atoms with E-state index in [9.17, 15) is 4.79 Å². The minimum atomic E-state index is -0.518. The molecule has 2 aliphatic rings. The van der Waals surface area contributed by atoms with Crippen LogP contribution < -0.4 is 5.73 Å². The molecule has 0 saturated carbocycles. The molecule has 2 unspecified atom stereocenters. The van der Waals surface area contributed by atoms with Crippen molar-refractivity contribution in [3.8, 4) is 0 Å². The summed E-state index contributed by atoms with van der Waals surface area (Å²) in [7, 11) is 1.58. The van der Waals surface area contributed by atoms with Crippen LogP contribution in [0.5, 0.6) is 0 Å². The molecule has 2 atom stereocenters. The van der Waals surface area contributed by atoms with Gasteiger partial charge < -0.3 is 20.1 Å². The summed E-state index contributed by atoms with van der Waals surface area (Å²) in [5.74, 6) is 0.630. The van der Waals surface area contributed by atoms with E-state index in [1.54, 1.807) is 7.11 Å². The molecule has 2 heterocycles. The molecule has 0 aliphatic carbocycles. The number of likely N-dealkylation sites (tertiary alicyclic amines) is 1. The third-order valence-electron chi connectivity index (χ3n) is 4.06. The van der Waals surface area contributed by atoms with E-state index >= 15 is 0 Å². The molecule has 2 N–H and O–H groups in total. The maximum atomic E-state index is 12.3.